The number of amides is 1. The average Bonchev–Trinajstić information content (AvgIpc) is 3.06. The van der Waals surface area contributed by atoms with E-state index in [2.05, 4.69) is 10.3 Å². The van der Waals surface area contributed by atoms with Crippen LogP contribution in [0.25, 0.3) is 10.9 Å². The van der Waals surface area contributed by atoms with E-state index in [0.717, 1.165) is 10.9 Å². The van der Waals surface area contributed by atoms with Crippen molar-refractivity contribution in [3.05, 3.63) is 36.0 Å². The first-order chi connectivity index (χ1) is 10.1. The normalized spacial score (nSPS) is 19.5. The van der Waals surface area contributed by atoms with Gasteiger partial charge < -0.3 is 10.3 Å². The van der Waals surface area contributed by atoms with Gasteiger partial charge in [0, 0.05) is 41.8 Å². The van der Waals surface area contributed by atoms with Gasteiger partial charge in [0.1, 0.15) is 0 Å². The first kappa shape index (κ1) is 14.0. The number of carbonyl (C=O) groups is 1. The molecule has 0 bridgehead atoms. The number of benzene rings is 1. The molecule has 0 saturated carbocycles. The van der Waals surface area contributed by atoms with Crippen molar-refractivity contribution < 1.29 is 13.6 Å². The zero-order valence-electron chi connectivity index (χ0n) is 11.5. The fourth-order valence-corrected chi connectivity index (χ4v) is 2.77. The van der Waals surface area contributed by atoms with Gasteiger partial charge in [0.15, 0.2) is 0 Å². The summed E-state index contributed by atoms with van der Waals surface area (Å²) in [6.45, 7) is 0.871. The number of carbonyl (C=O) groups excluding carboxylic acids is 1. The van der Waals surface area contributed by atoms with Crippen molar-refractivity contribution in [2.45, 2.75) is 18.9 Å². The van der Waals surface area contributed by atoms with Gasteiger partial charge in [0.05, 0.1) is 6.54 Å². The van der Waals surface area contributed by atoms with Crippen molar-refractivity contribution in [1.82, 2.24) is 15.2 Å². The molecule has 1 aliphatic rings. The molecular formula is C15H17F2N3O. The minimum Gasteiger partial charge on any atom is -0.361 e. The van der Waals surface area contributed by atoms with Gasteiger partial charge in [-0.05, 0) is 30.7 Å². The second-order valence-electron chi connectivity index (χ2n) is 5.39. The molecule has 0 spiro atoms. The highest BCUT2D eigenvalue weighted by atomic mass is 19.3. The number of hydrogen-bond donors (Lipinski definition) is 2. The average molecular weight is 293 g/mol. The maximum absolute atomic E-state index is 12.3. The standard InChI is InChI=1S/C15H17F2N3O/c16-14(17)9-20-6-4-12(8-20)19-15(21)11-1-2-13-10(7-11)3-5-18-13/h1-3,5,7,12,14,18H,4,6,8-9H2,(H,19,21). The Bertz CT molecular complexity index is 641. The van der Waals surface area contributed by atoms with Gasteiger partial charge in [-0.25, -0.2) is 8.78 Å². The molecule has 1 atom stereocenters. The highest BCUT2D eigenvalue weighted by Gasteiger charge is 2.25. The highest BCUT2D eigenvalue weighted by molar-refractivity contribution is 5.98. The first-order valence-corrected chi connectivity index (χ1v) is 7.00. The molecule has 1 unspecified atom stereocenters. The monoisotopic (exact) mass is 293 g/mol. The summed E-state index contributed by atoms with van der Waals surface area (Å²) in [5.74, 6) is -0.151. The van der Waals surface area contributed by atoms with Crippen LogP contribution in [0.1, 0.15) is 16.8 Å². The van der Waals surface area contributed by atoms with Crippen LogP contribution in [0.4, 0.5) is 8.78 Å². The second-order valence-corrected chi connectivity index (χ2v) is 5.39. The lowest BCUT2D eigenvalue weighted by Crippen LogP contribution is -2.37. The molecule has 2 aromatic rings. The van der Waals surface area contributed by atoms with Gasteiger partial charge in [0.25, 0.3) is 12.3 Å². The van der Waals surface area contributed by atoms with Crippen molar-refractivity contribution in [3.8, 4) is 0 Å². The first-order valence-electron chi connectivity index (χ1n) is 7.00. The molecule has 2 heterocycles. The maximum atomic E-state index is 12.3. The molecule has 1 saturated heterocycles. The van der Waals surface area contributed by atoms with E-state index in [1.54, 1.807) is 11.0 Å². The number of fused-ring (bicyclic) bond motifs is 1. The van der Waals surface area contributed by atoms with Gasteiger partial charge >= 0.3 is 0 Å². The number of H-pyrrole nitrogens is 1. The zero-order chi connectivity index (χ0) is 14.8. The predicted octanol–water partition coefficient (Wildman–Crippen LogP) is 2.24. The van der Waals surface area contributed by atoms with Crippen molar-refractivity contribution in [3.63, 3.8) is 0 Å². The third kappa shape index (κ3) is 3.21. The molecule has 4 nitrogen and oxygen atoms in total. The van der Waals surface area contributed by atoms with Crippen LogP contribution in [0.5, 0.6) is 0 Å². The van der Waals surface area contributed by atoms with E-state index in [4.69, 9.17) is 0 Å². The topological polar surface area (TPSA) is 48.1 Å². The van der Waals surface area contributed by atoms with Gasteiger partial charge in [-0.3, -0.25) is 9.69 Å². The van der Waals surface area contributed by atoms with E-state index < -0.39 is 6.43 Å². The van der Waals surface area contributed by atoms with Crippen molar-refractivity contribution in [2.75, 3.05) is 19.6 Å². The maximum Gasteiger partial charge on any atom is 0.251 e. The van der Waals surface area contributed by atoms with Crippen LogP contribution in [-0.2, 0) is 0 Å². The van der Waals surface area contributed by atoms with E-state index in [9.17, 15) is 13.6 Å². The number of alkyl halides is 2. The van der Waals surface area contributed by atoms with Crippen molar-refractivity contribution in [1.29, 1.82) is 0 Å². The van der Waals surface area contributed by atoms with E-state index in [-0.39, 0.29) is 18.5 Å². The fourth-order valence-electron chi connectivity index (χ4n) is 2.77. The summed E-state index contributed by atoms with van der Waals surface area (Å²) in [7, 11) is 0. The Kier molecular flexibility index (Phi) is 3.88. The number of likely N-dealkylation sites (tertiary alicyclic amines) is 1. The van der Waals surface area contributed by atoms with Crippen LogP contribution in [0.3, 0.4) is 0 Å². The predicted molar refractivity (Wildman–Crippen MR) is 76.6 cm³/mol. The molecule has 3 rings (SSSR count). The molecule has 1 aromatic carbocycles. The molecule has 0 radical (unpaired) electrons. The number of halogens is 2. The molecule has 1 aromatic heterocycles. The lowest BCUT2D eigenvalue weighted by molar-refractivity contribution is 0.0918. The third-order valence-electron chi connectivity index (χ3n) is 3.82. The summed E-state index contributed by atoms with van der Waals surface area (Å²) in [6, 6.07) is 7.30. The molecule has 21 heavy (non-hydrogen) atoms. The molecule has 112 valence electrons. The van der Waals surface area contributed by atoms with Crippen molar-refractivity contribution in [2.24, 2.45) is 0 Å². The number of nitrogens with zero attached hydrogens (tertiary/aromatic N) is 1. The minimum absolute atomic E-state index is 0.0572. The molecule has 0 aliphatic carbocycles. The van der Waals surface area contributed by atoms with Crippen LogP contribution >= 0.6 is 0 Å². The lowest BCUT2D eigenvalue weighted by Gasteiger charge is -2.16. The molecule has 1 fully saturated rings. The Morgan fingerprint density at radius 3 is 3.10 bits per heavy atom. The van der Waals surface area contributed by atoms with Gasteiger partial charge in [-0.1, -0.05) is 0 Å². The lowest BCUT2D eigenvalue weighted by atomic mass is 10.1. The van der Waals surface area contributed by atoms with E-state index in [1.807, 2.05) is 24.4 Å². The van der Waals surface area contributed by atoms with E-state index >= 15 is 0 Å². The number of aromatic nitrogens is 1. The Labute approximate surface area is 121 Å². The Balaban J connectivity index is 1.61. The van der Waals surface area contributed by atoms with E-state index in [1.165, 1.54) is 0 Å². The number of aromatic amines is 1. The molecule has 1 aliphatic heterocycles. The summed E-state index contributed by atoms with van der Waals surface area (Å²) in [5.41, 5.74) is 1.57. The van der Waals surface area contributed by atoms with Crippen LogP contribution in [0, 0.1) is 0 Å². The zero-order valence-corrected chi connectivity index (χ0v) is 11.5. The smallest absolute Gasteiger partial charge is 0.251 e. The van der Waals surface area contributed by atoms with Crippen LogP contribution < -0.4 is 5.32 Å². The molecule has 2 N–H and O–H groups in total. The van der Waals surface area contributed by atoms with Crippen LogP contribution in [-0.4, -0.2) is 47.9 Å². The Morgan fingerprint density at radius 2 is 2.29 bits per heavy atom. The highest BCUT2D eigenvalue weighted by Crippen LogP contribution is 2.16. The second kappa shape index (κ2) is 5.81. The van der Waals surface area contributed by atoms with Gasteiger partial charge in [-0.2, -0.15) is 0 Å². The summed E-state index contributed by atoms with van der Waals surface area (Å²) in [6.07, 6.45) is 0.214. The van der Waals surface area contributed by atoms with E-state index in [0.29, 0.717) is 25.1 Å². The van der Waals surface area contributed by atoms with Crippen LogP contribution in [0.15, 0.2) is 30.5 Å². The number of rotatable bonds is 4. The molecular weight excluding hydrogens is 276 g/mol. The summed E-state index contributed by atoms with van der Waals surface area (Å²) >= 11 is 0. The Hall–Kier alpha value is -1.95. The number of hydrogen-bond acceptors (Lipinski definition) is 2. The Morgan fingerprint density at radius 1 is 1.43 bits per heavy atom. The van der Waals surface area contributed by atoms with Gasteiger partial charge in [0.2, 0.25) is 0 Å². The largest absolute Gasteiger partial charge is 0.361 e. The third-order valence-corrected chi connectivity index (χ3v) is 3.82. The van der Waals surface area contributed by atoms with Gasteiger partial charge in [-0.15, -0.1) is 0 Å². The number of nitrogens with one attached hydrogen (secondary N) is 2. The van der Waals surface area contributed by atoms with Crippen LogP contribution in [0.2, 0.25) is 0 Å². The summed E-state index contributed by atoms with van der Waals surface area (Å²) in [5, 5.41) is 3.90. The summed E-state index contributed by atoms with van der Waals surface area (Å²) in [4.78, 5) is 17.0. The minimum atomic E-state index is -2.32. The molecule has 1 amide bonds. The molecule has 6 heteroatoms. The summed E-state index contributed by atoms with van der Waals surface area (Å²) < 4.78 is 24.7. The SMILES string of the molecule is O=C(NC1CCN(CC(F)F)C1)c1ccc2[nH]ccc2c1. The fraction of sp³-hybridized carbons (Fsp3) is 0.400. The quantitative estimate of drug-likeness (QED) is 0.908. The van der Waals surface area contributed by atoms with Crippen molar-refractivity contribution >= 4 is 16.8 Å².